The number of benzene rings is 3. The first-order valence-electron chi connectivity index (χ1n) is 7.98. The highest BCUT2D eigenvalue weighted by Crippen LogP contribution is 2.25. The van der Waals surface area contributed by atoms with Crippen LogP contribution in [-0.4, -0.2) is 10.2 Å². The Balaban J connectivity index is 1.49. The second kappa shape index (κ2) is 7.26. The Morgan fingerprint density at radius 1 is 0.760 bits per heavy atom. The summed E-state index contributed by atoms with van der Waals surface area (Å²) in [5.74, 6) is 0.848. The van der Waals surface area contributed by atoms with E-state index in [1.54, 1.807) is 11.8 Å². The number of aromatic nitrogens is 2. The molecule has 4 aromatic rings. The van der Waals surface area contributed by atoms with Crippen molar-refractivity contribution in [2.75, 3.05) is 0 Å². The van der Waals surface area contributed by atoms with Crippen LogP contribution in [0.15, 0.2) is 83.9 Å². The van der Waals surface area contributed by atoms with E-state index < -0.39 is 0 Å². The Kier molecular flexibility index (Phi) is 4.68. The van der Waals surface area contributed by atoms with E-state index in [0.29, 0.717) is 0 Å². The zero-order valence-corrected chi connectivity index (χ0v) is 15.0. The molecule has 25 heavy (non-hydrogen) atoms. The summed E-state index contributed by atoms with van der Waals surface area (Å²) in [6, 6.07) is 26.6. The average Bonchev–Trinajstić information content (AvgIpc) is 2.68. The van der Waals surface area contributed by atoms with Crippen molar-refractivity contribution in [2.45, 2.75) is 10.8 Å². The maximum atomic E-state index is 5.91. The zero-order valence-electron chi connectivity index (χ0n) is 13.4. The van der Waals surface area contributed by atoms with Gasteiger partial charge in [-0.25, -0.2) is 0 Å². The van der Waals surface area contributed by atoms with Crippen molar-refractivity contribution in [3.8, 4) is 11.3 Å². The van der Waals surface area contributed by atoms with Gasteiger partial charge in [0.2, 0.25) is 0 Å². The Morgan fingerprint density at radius 2 is 1.56 bits per heavy atom. The number of hydrogen-bond donors (Lipinski definition) is 0. The first-order valence-corrected chi connectivity index (χ1v) is 9.34. The minimum atomic E-state index is 0.758. The third-order valence-corrected chi connectivity index (χ3v) is 5.23. The molecule has 0 spiro atoms. The van der Waals surface area contributed by atoms with Gasteiger partial charge < -0.3 is 0 Å². The summed E-state index contributed by atoms with van der Waals surface area (Å²) in [6.07, 6.45) is 0. The van der Waals surface area contributed by atoms with E-state index >= 15 is 0 Å². The van der Waals surface area contributed by atoms with Gasteiger partial charge in [0.15, 0.2) is 0 Å². The Labute approximate surface area is 155 Å². The van der Waals surface area contributed by atoms with Crippen molar-refractivity contribution in [2.24, 2.45) is 0 Å². The van der Waals surface area contributed by atoms with Gasteiger partial charge >= 0.3 is 0 Å². The fourth-order valence-electron chi connectivity index (χ4n) is 2.64. The van der Waals surface area contributed by atoms with Crippen LogP contribution >= 0.6 is 23.4 Å². The third kappa shape index (κ3) is 3.84. The van der Waals surface area contributed by atoms with Gasteiger partial charge in [0.25, 0.3) is 0 Å². The lowest BCUT2D eigenvalue weighted by Gasteiger charge is -2.05. The molecule has 0 fully saturated rings. The lowest BCUT2D eigenvalue weighted by atomic mass is 10.1. The van der Waals surface area contributed by atoms with Gasteiger partial charge in [-0.1, -0.05) is 71.9 Å². The van der Waals surface area contributed by atoms with Gasteiger partial charge in [-0.2, -0.15) is 0 Å². The van der Waals surface area contributed by atoms with Crippen LogP contribution in [0, 0.1) is 0 Å². The predicted octanol–water partition coefficient (Wildman–Crippen LogP) is 6.24. The SMILES string of the molecule is Clc1ccc(CSc2ccc(-c3ccc4ccccc4c3)nn2)cc1. The van der Waals surface area contributed by atoms with Crippen LogP contribution < -0.4 is 0 Å². The molecular weight excluding hydrogens is 348 g/mol. The fraction of sp³-hybridized carbons (Fsp3) is 0.0476. The Hall–Kier alpha value is -2.36. The van der Waals surface area contributed by atoms with Crippen LogP contribution in [0.3, 0.4) is 0 Å². The molecule has 0 atom stereocenters. The number of rotatable bonds is 4. The molecular formula is C21H15ClN2S. The summed E-state index contributed by atoms with van der Waals surface area (Å²) < 4.78 is 0. The number of nitrogens with zero attached hydrogens (tertiary/aromatic N) is 2. The van der Waals surface area contributed by atoms with Crippen molar-refractivity contribution < 1.29 is 0 Å². The number of thioether (sulfide) groups is 1. The zero-order chi connectivity index (χ0) is 17.1. The van der Waals surface area contributed by atoms with Gasteiger partial charge in [-0.05, 0) is 46.7 Å². The molecule has 4 rings (SSSR count). The average molecular weight is 363 g/mol. The Bertz CT molecular complexity index is 998. The van der Waals surface area contributed by atoms with Crippen molar-refractivity contribution in [1.29, 1.82) is 0 Å². The highest BCUT2D eigenvalue weighted by atomic mass is 35.5. The Morgan fingerprint density at radius 3 is 2.32 bits per heavy atom. The third-order valence-electron chi connectivity index (χ3n) is 3.99. The monoisotopic (exact) mass is 362 g/mol. The molecule has 0 unspecified atom stereocenters. The van der Waals surface area contributed by atoms with E-state index in [1.807, 2.05) is 42.5 Å². The minimum Gasteiger partial charge on any atom is -0.149 e. The van der Waals surface area contributed by atoms with Crippen LogP contribution in [0.25, 0.3) is 22.0 Å². The fourth-order valence-corrected chi connectivity index (χ4v) is 3.53. The molecule has 1 aromatic heterocycles. The van der Waals surface area contributed by atoms with Crippen molar-refractivity contribution >= 4 is 34.1 Å². The molecule has 0 amide bonds. The molecule has 2 nitrogen and oxygen atoms in total. The van der Waals surface area contributed by atoms with Gasteiger partial charge in [0, 0.05) is 16.3 Å². The van der Waals surface area contributed by atoms with Crippen molar-refractivity contribution in [3.63, 3.8) is 0 Å². The second-order valence-electron chi connectivity index (χ2n) is 5.73. The van der Waals surface area contributed by atoms with Gasteiger partial charge in [0.05, 0.1) is 5.69 Å². The highest BCUT2D eigenvalue weighted by Gasteiger charge is 2.04. The highest BCUT2D eigenvalue weighted by molar-refractivity contribution is 7.98. The maximum absolute atomic E-state index is 5.91. The van der Waals surface area contributed by atoms with E-state index in [4.69, 9.17) is 11.6 Å². The van der Waals surface area contributed by atoms with Crippen LogP contribution in [-0.2, 0) is 5.75 Å². The maximum Gasteiger partial charge on any atom is 0.119 e. The van der Waals surface area contributed by atoms with E-state index in [0.717, 1.165) is 27.1 Å². The molecule has 0 radical (unpaired) electrons. The van der Waals surface area contributed by atoms with E-state index in [-0.39, 0.29) is 0 Å². The minimum absolute atomic E-state index is 0.758. The summed E-state index contributed by atoms with van der Waals surface area (Å²) >= 11 is 7.58. The largest absolute Gasteiger partial charge is 0.149 e. The van der Waals surface area contributed by atoms with Gasteiger partial charge in [-0.3, -0.25) is 0 Å². The first-order chi connectivity index (χ1) is 12.3. The second-order valence-corrected chi connectivity index (χ2v) is 7.17. The summed E-state index contributed by atoms with van der Waals surface area (Å²) in [5, 5.41) is 12.9. The normalized spacial score (nSPS) is 10.9. The van der Waals surface area contributed by atoms with Crippen LogP contribution in [0.1, 0.15) is 5.56 Å². The van der Waals surface area contributed by atoms with Crippen LogP contribution in [0.4, 0.5) is 0 Å². The summed E-state index contributed by atoms with van der Waals surface area (Å²) in [7, 11) is 0. The molecule has 122 valence electrons. The van der Waals surface area contributed by atoms with Crippen LogP contribution in [0.5, 0.6) is 0 Å². The molecule has 4 heteroatoms. The molecule has 3 aromatic carbocycles. The topological polar surface area (TPSA) is 25.8 Å². The molecule has 0 bridgehead atoms. The van der Waals surface area contributed by atoms with E-state index in [2.05, 4.69) is 46.6 Å². The van der Waals surface area contributed by atoms with Gasteiger partial charge in [-0.15, -0.1) is 10.2 Å². The molecule has 0 saturated carbocycles. The molecule has 0 aliphatic carbocycles. The number of halogens is 1. The van der Waals surface area contributed by atoms with Crippen LogP contribution in [0.2, 0.25) is 5.02 Å². The smallest absolute Gasteiger partial charge is 0.119 e. The molecule has 0 N–H and O–H groups in total. The first kappa shape index (κ1) is 16.1. The summed E-state index contributed by atoms with van der Waals surface area (Å²) in [4.78, 5) is 0. The van der Waals surface area contributed by atoms with E-state index in [9.17, 15) is 0 Å². The quantitative estimate of drug-likeness (QED) is 0.402. The lowest BCUT2D eigenvalue weighted by molar-refractivity contribution is 0.935. The van der Waals surface area contributed by atoms with E-state index in [1.165, 1.54) is 16.3 Å². The lowest BCUT2D eigenvalue weighted by Crippen LogP contribution is -1.90. The summed E-state index contributed by atoms with van der Waals surface area (Å²) in [5.41, 5.74) is 3.19. The summed E-state index contributed by atoms with van der Waals surface area (Å²) in [6.45, 7) is 0. The van der Waals surface area contributed by atoms with Crippen molar-refractivity contribution in [1.82, 2.24) is 10.2 Å². The predicted molar refractivity (Wildman–Crippen MR) is 106 cm³/mol. The molecule has 0 saturated heterocycles. The number of hydrogen-bond acceptors (Lipinski definition) is 3. The number of fused-ring (bicyclic) bond motifs is 1. The molecule has 1 heterocycles. The van der Waals surface area contributed by atoms with Crippen molar-refractivity contribution in [3.05, 3.63) is 89.4 Å². The van der Waals surface area contributed by atoms with Gasteiger partial charge in [0.1, 0.15) is 5.03 Å². The molecule has 0 aliphatic heterocycles. The molecule has 0 aliphatic rings. The standard InChI is InChI=1S/C21H15ClN2S/c22-19-9-5-15(6-10-19)14-25-21-12-11-20(23-24-21)18-8-7-16-3-1-2-4-17(16)13-18/h1-13H,14H2.